The van der Waals surface area contributed by atoms with Crippen molar-refractivity contribution in [3.63, 3.8) is 0 Å². The van der Waals surface area contributed by atoms with Crippen LogP contribution in [-0.4, -0.2) is 17.7 Å². The van der Waals surface area contributed by atoms with Crippen molar-refractivity contribution in [2.45, 2.75) is 63.8 Å². The monoisotopic (exact) mass is 430 g/mol. The number of halogens is 3. The molecule has 0 radical (unpaired) electrons. The average Bonchev–Trinajstić information content (AvgIpc) is 2.66. The predicted octanol–water partition coefficient (Wildman–Crippen LogP) is 5.74. The molecule has 0 fully saturated rings. The number of carbonyl (C=O) groups is 1. The van der Waals surface area contributed by atoms with Crippen LogP contribution in [0, 0.1) is 11.3 Å². The molecule has 1 amide bonds. The number of nitrogens with zero attached hydrogens (tertiary/aromatic N) is 1. The van der Waals surface area contributed by atoms with E-state index >= 15 is 0 Å². The summed E-state index contributed by atoms with van der Waals surface area (Å²) < 4.78 is 44.3. The zero-order valence-corrected chi connectivity index (χ0v) is 17.7. The van der Waals surface area contributed by atoms with Crippen molar-refractivity contribution < 1.29 is 22.7 Å². The number of fused-ring (bicyclic) bond motifs is 1. The number of nitriles is 1. The number of alkyl halides is 3. The number of alkyl carbamates (subject to hydrolysis) is 1. The lowest BCUT2D eigenvalue weighted by Crippen LogP contribution is -2.43. The molecular weight excluding hydrogens is 405 g/mol. The van der Waals surface area contributed by atoms with Gasteiger partial charge in [0, 0.05) is 12.0 Å². The first-order valence-electron chi connectivity index (χ1n) is 10.1. The van der Waals surface area contributed by atoms with E-state index in [2.05, 4.69) is 11.4 Å². The van der Waals surface area contributed by atoms with Crippen molar-refractivity contribution in [1.82, 2.24) is 5.32 Å². The van der Waals surface area contributed by atoms with Crippen molar-refractivity contribution in [1.29, 1.82) is 5.26 Å². The normalized spacial score (nSPS) is 18.6. The minimum atomic E-state index is -4.40. The van der Waals surface area contributed by atoms with Gasteiger partial charge >= 0.3 is 12.3 Å². The fraction of sp³-hybridized carbons (Fsp3) is 0.417. The Morgan fingerprint density at radius 2 is 1.84 bits per heavy atom. The smallest absolute Gasteiger partial charge is 0.416 e. The summed E-state index contributed by atoms with van der Waals surface area (Å²) in [5.74, 6) is -0.204. The Kier molecular flexibility index (Phi) is 6.30. The highest BCUT2D eigenvalue weighted by atomic mass is 19.4. The quantitative estimate of drug-likeness (QED) is 0.675. The van der Waals surface area contributed by atoms with Crippen LogP contribution in [-0.2, 0) is 23.8 Å². The molecule has 0 aliphatic heterocycles. The molecule has 4 nitrogen and oxygen atoms in total. The Morgan fingerprint density at radius 1 is 1.16 bits per heavy atom. The van der Waals surface area contributed by atoms with Crippen molar-refractivity contribution >= 4 is 6.09 Å². The molecule has 1 aliphatic carbocycles. The molecule has 0 aromatic heterocycles. The maximum absolute atomic E-state index is 13.0. The van der Waals surface area contributed by atoms with Crippen LogP contribution in [0.1, 0.15) is 60.9 Å². The van der Waals surface area contributed by atoms with Crippen LogP contribution in [0.4, 0.5) is 18.0 Å². The van der Waals surface area contributed by atoms with E-state index < -0.39 is 23.4 Å². The minimum absolute atomic E-state index is 0.204. The van der Waals surface area contributed by atoms with Crippen LogP contribution in [0.15, 0.2) is 42.5 Å². The minimum Gasteiger partial charge on any atom is -0.444 e. The van der Waals surface area contributed by atoms with E-state index in [4.69, 9.17) is 4.74 Å². The van der Waals surface area contributed by atoms with Gasteiger partial charge in [0.2, 0.25) is 0 Å². The zero-order valence-electron chi connectivity index (χ0n) is 17.7. The molecule has 0 saturated heterocycles. The van der Waals surface area contributed by atoms with Gasteiger partial charge in [-0.2, -0.15) is 18.4 Å². The molecule has 2 atom stereocenters. The van der Waals surface area contributed by atoms with E-state index in [9.17, 15) is 23.2 Å². The topological polar surface area (TPSA) is 62.1 Å². The Hall–Kier alpha value is -3.01. The molecule has 2 aromatic rings. The molecule has 1 aliphatic rings. The lowest BCUT2D eigenvalue weighted by Gasteiger charge is -2.34. The van der Waals surface area contributed by atoms with Gasteiger partial charge in [-0.1, -0.05) is 30.3 Å². The number of amides is 1. The van der Waals surface area contributed by atoms with Crippen LogP contribution in [0.5, 0.6) is 0 Å². The lowest BCUT2D eigenvalue weighted by atomic mass is 9.75. The molecular formula is C24H25F3N2O2. The SMILES string of the molecule is CC(C)(C)OC(=O)NC1Cc2c(CC#N)cccc2C(c2ccc(C(F)(F)F)cc2)C1. The van der Waals surface area contributed by atoms with Gasteiger partial charge in [0.05, 0.1) is 18.1 Å². The molecule has 2 unspecified atom stereocenters. The largest absolute Gasteiger partial charge is 0.444 e. The first kappa shape index (κ1) is 22.7. The molecule has 7 heteroatoms. The van der Waals surface area contributed by atoms with Gasteiger partial charge < -0.3 is 10.1 Å². The Morgan fingerprint density at radius 3 is 2.42 bits per heavy atom. The number of ether oxygens (including phenoxy) is 1. The van der Waals surface area contributed by atoms with E-state index in [-0.39, 0.29) is 18.4 Å². The van der Waals surface area contributed by atoms with Crippen LogP contribution in [0.3, 0.4) is 0 Å². The van der Waals surface area contributed by atoms with E-state index in [1.54, 1.807) is 20.8 Å². The number of nitrogens with one attached hydrogen (secondary N) is 1. The van der Waals surface area contributed by atoms with Crippen molar-refractivity contribution in [2.75, 3.05) is 0 Å². The Labute approximate surface area is 180 Å². The van der Waals surface area contributed by atoms with Gasteiger partial charge in [0.1, 0.15) is 5.60 Å². The fourth-order valence-electron chi connectivity index (χ4n) is 4.03. The third kappa shape index (κ3) is 5.57. The second kappa shape index (κ2) is 8.62. The zero-order chi connectivity index (χ0) is 22.8. The number of hydrogen-bond acceptors (Lipinski definition) is 3. The molecule has 0 saturated carbocycles. The van der Waals surface area contributed by atoms with Crippen molar-refractivity contribution in [3.05, 3.63) is 70.3 Å². The van der Waals surface area contributed by atoms with Crippen LogP contribution >= 0.6 is 0 Å². The summed E-state index contributed by atoms with van der Waals surface area (Å²) in [5.41, 5.74) is 2.20. The summed E-state index contributed by atoms with van der Waals surface area (Å²) in [6.45, 7) is 5.33. The van der Waals surface area contributed by atoms with Gasteiger partial charge in [-0.3, -0.25) is 0 Å². The first-order chi connectivity index (χ1) is 14.5. The average molecular weight is 430 g/mol. The van der Waals surface area contributed by atoms with Crippen molar-refractivity contribution in [3.8, 4) is 6.07 Å². The molecule has 0 spiro atoms. The maximum Gasteiger partial charge on any atom is 0.416 e. The molecule has 31 heavy (non-hydrogen) atoms. The van der Waals surface area contributed by atoms with Crippen LogP contribution < -0.4 is 5.32 Å². The Balaban J connectivity index is 1.95. The van der Waals surface area contributed by atoms with Gasteiger partial charge in [-0.05, 0) is 68.0 Å². The van der Waals surface area contributed by atoms with E-state index in [0.29, 0.717) is 12.8 Å². The van der Waals surface area contributed by atoms with Crippen molar-refractivity contribution in [2.24, 2.45) is 0 Å². The summed E-state index contributed by atoms with van der Waals surface area (Å²) in [7, 11) is 0. The summed E-state index contributed by atoms with van der Waals surface area (Å²) in [6, 6.07) is 12.7. The number of carbonyl (C=O) groups excluding carboxylic acids is 1. The van der Waals surface area contributed by atoms with Gasteiger partial charge in [-0.15, -0.1) is 0 Å². The molecule has 2 aromatic carbocycles. The highest BCUT2D eigenvalue weighted by Crippen LogP contribution is 2.39. The lowest BCUT2D eigenvalue weighted by molar-refractivity contribution is -0.137. The molecule has 164 valence electrons. The number of benzene rings is 2. The molecule has 0 heterocycles. The van der Waals surface area contributed by atoms with Gasteiger partial charge in [0.15, 0.2) is 0 Å². The Bertz CT molecular complexity index is 986. The summed E-state index contributed by atoms with van der Waals surface area (Å²) >= 11 is 0. The summed E-state index contributed by atoms with van der Waals surface area (Å²) in [6.07, 6.45) is -3.66. The second-order valence-corrected chi connectivity index (χ2v) is 8.78. The van der Waals surface area contributed by atoms with Crippen LogP contribution in [0.25, 0.3) is 0 Å². The van der Waals surface area contributed by atoms with E-state index in [1.807, 2.05) is 18.2 Å². The number of rotatable bonds is 3. The van der Waals surface area contributed by atoms with Crippen LogP contribution in [0.2, 0.25) is 0 Å². The first-order valence-corrected chi connectivity index (χ1v) is 10.1. The third-order valence-corrected chi connectivity index (χ3v) is 5.29. The van der Waals surface area contributed by atoms with E-state index in [1.165, 1.54) is 12.1 Å². The molecule has 1 N–H and O–H groups in total. The summed E-state index contributed by atoms with van der Waals surface area (Å²) in [4.78, 5) is 12.3. The standard InChI is InChI=1S/C24H25F3N2O2/c1-23(2,3)31-22(30)29-18-13-20-15(11-12-28)5-4-6-19(20)21(14-18)16-7-9-17(10-8-16)24(25,26)27/h4-10,18,21H,11,13-14H2,1-3H3,(H,29,30). The maximum atomic E-state index is 13.0. The molecule has 0 bridgehead atoms. The second-order valence-electron chi connectivity index (χ2n) is 8.78. The molecule has 3 rings (SSSR count). The highest BCUT2D eigenvalue weighted by molar-refractivity contribution is 5.68. The highest BCUT2D eigenvalue weighted by Gasteiger charge is 2.33. The van der Waals surface area contributed by atoms with E-state index in [0.717, 1.165) is 34.4 Å². The predicted molar refractivity (Wildman–Crippen MR) is 111 cm³/mol. The fourth-order valence-corrected chi connectivity index (χ4v) is 4.03. The third-order valence-electron chi connectivity index (χ3n) is 5.29. The van der Waals surface area contributed by atoms with Gasteiger partial charge in [-0.25, -0.2) is 4.79 Å². The number of hydrogen-bond donors (Lipinski definition) is 1. The van der Waals surface area contributed by atoms with Gasteiger partial charge in [0.25, 0.3) is 0 Å². The summed E-state index contributed by atoms with van der Waals surface area (Å²) in [5, 5.41) is 12.1.